The maximum absolute atomic E-state index is 12.5. The molecule has 2 aromatic carbocycles. The number of benzene rings is 2. The van der Waals surface area contributed by atoms with Crippen LogP contribution in [0.2, 0.25) is 0 Å². The van der Waals surface area contributed by atoms with Crippen LogP contribution in [0.25, 0.3) is 0 Å². The van der Waals surface area contributed by atoms with Gasteiger partial charge < -0.3 is 15.0 Å². The molecule has 1 aliphatic heterocycles. The molecule has 6 nitrogen and oxygen atoms in total. The SMILES string of the molecule is COc1cccc(CSCC(=O)N2CCN(CC(=O)Nc3c(C)cccc3C)CC2)c1. The summed E-state index contributed by atoms with van der Waals surface area (Å²) in [5.74, 6) is 2.23. The van der Waals surface area contributed by atoms with Crippen molar-refractivity contribution in [1.29, 1.82) is 0 Å². The summed E-state index contributed by atoms with van der Waals surface area (Å²) in [5, 5.41) is 3.04. The Balaban J connectivity index is 1.38. The largest absolute Gasteiger partial charge is 0.497 e. The summed E-state index contributed by atoms with van der Waals surface area (Å²) in [7, 11) is 1.66. The second-order valence-corrected chi connectivity index (χ2v) is 8.80. The zero-order valence-corrected chi connectivity index (χ0v) is 19.3. The van der Waals surface area contributed by atoms with Gasteiger partial charge in [0.15, 0.2) is 0 Å². The van der Waals surface area contributed by atoms with E-state index >= 15 is 0 Å². The van der Waals surface area contributed by atoms with E-state index in [1.807, 2.05) is 61.2 Å². The molecule has 1 N–H and O–H groups in total. The van der Waals surface area contributed by atoms with Gasteiger partial charge in [-0.3, -0.25) is 14.5 Å². The Morgan fingerprint density at radius 3 is 2.39 bits per heavy atom. The van der Waals surface area contributed by atoms with Crippen LogP contribution in [-0.4, -0.2) is 67.2 Å². The van der Waals surface area contributed by atoms with Gasteiger partial charge in [-0.2, -0.15) is 0 Å². The summed E-state index contributed by atoms with van der Waals surface area (Å²) in [5.41, 5.74) is 4.18. The van der Waals surface area contributed by atoms with Crippen LogP contribution < -0.4 is 10.1 Å². The zero-order valence-electron chi connectivity index (χ0n) is 18.5. The number of rotatable bonds is 8. The van der Waals surface area contributed by atoms with Crippen molar-refractivity contribution in [2.24, 2.45) is 0 Å². The first-order chi connectivity index (χ1) is 15.0. The number of para-hydroxylation sites is 1. The summed E-state index contributed by atoms with van der Waals surface area (Å²) in [6.45, 7) is 7.10. The van der Waals surface area contributed by atoms with Crippen molar-refractivity contribution < 1.29 is 14.3 Å². The van der Waals surface area contributed by atoms with Gasteiger partial charge in [0.05, 0.1) is 19.4 Å². The Kier molecular flexibility index (Phi) is 8.37. The molecule has 3 rings (SSSR count). The molecule has 1 aliphatic rings. The number of thioether (sulfide) groups is 1. The Morgan fingerprint density at radius 2 is 1.71 bits per heavy atom. The van der Waals surface area contributed by atoms with Crippen LogP contribution in [0.15, 0.2) is 42.5 Å². The second-order valence-electron chi connectivity index (χ2n) is 7.82. The molecule has 0 unspecified atom stereocenters. The fourth-order valence-electron chi connectivity index (χ4n) is 3.66. The summed E-state index contributed by atoms with van der Waals surface area (Å²) < 4.78 is 5.24. The van der Waals surface area contributed by atoms with Gasteiger partial charge in [-0.1, -0.05) is 30.3 Å². The summed E-state index contributed by atoms with van der Waals surface area (Å²) in [6, 6.07) is 13.9. The van der Waals surface area contributed by atoms with Gasteiger partial charge in [-0.25, -0.2) is 0 Å². The van der Waals surface area contributed by atoms with Gasteiger partial charge >= 0.3 is 0 Å². The Morgan fingerprint density at radius 1 is 1.03 bits per heavy atom. The number of hydrogen-bond acceptors (Lipinski definition) is 5. The first-order valence-electron chi connectivity index (χ1n) is 10.5. The lowest BCUT2D eigenvalue weighted by atomic mass is 10.1. The summed E-state index contributed by atoms with van der Waals surface area (Å²) in [4.78, 5) is 29.0. The number of aryl methyl sites for hydroxylation is 2. The van der Waals surface area contributed by atoms with E-state index in [9.17, 15) is 9.59 Å². The van der Waals surface area contributed by atoms with E-state index in [1.165, 1.54) is 0 Å². The number of amides is 2. The number of anilines is 1. The number of piperazine rings is 1. The molecule has 7 heteroatoms. The van der Waals surface area contributed by atoms with Gasteiger partial charge in [-0.05, 0) is 42.7 Å². The molecule has 2 amide bonds. The molecule has 1 heterocycles. The van der Waals surface area contributed by atoms with E-state index in [4.69, 9.17) is 4.74 Å². The zero-order chi connectivity index (χ0) is 22.2. The number of nitrogens with one attached hydrogen (secondary N) is 1. The Bertz CT molecular complexity index is 890. The molecular weight excluding hydrogens is 410 g/mol. The molecule has 0 aliphatic carbocycles. The minimum absolute atomic E-state index is 0.00831. The topological polar surface area (TPSA) is 61.9 Å². The van der Waals surface area contributed by atoms with Crippen LogP contribution >= 0.6 is 11.8 Å². The highest BCUT2D eigenvalue weighted by atomic mass is 32.2. The van der Waals surface area contributed by atoms with Crippen LogP contribution in [-0.2, 0) is 15.3 Å². The molecule has 31 heavy (non-hydrogen) atoms. The monoisotopic (exact) mass is 441 g/mol. The van der Waals surface area contributed by atoms with Crippen LogP contribution in [0.1, 0.15) is 16.7 Å². The Hall–Kier alpha value is -2.51. The average molecular weight is 442 g/mol. The van der Waals surface area contributed by atoms with Crippen molar-refractivity contribution in [2.75, 3.05) is 50.9 Å². The van der Waals surface area contributed by atoms with Gasteiger partial charge in [-0.15, -0.1) is 11.8 Å². The first-order valence-corrected chi connectivity index (χ1v) is 11.7. The van der Waals surface area contributed by atoms with Gasteiger partial charge in [0.2, 0.25) is 11.8 Å². The predicted molar refractivity (Wildman–Crippen MR) is 127 cm³/mol. The normalized spacial score (nSPS) is 14.4. The molecule has 0 atom stereocenters. The smallest absolute Gasteiger partial charge is 0.238 e. The van der Waals surface area contributed by atoms with Crippen molar-refractivity contribution in [2.45, 2.75) is 19.6 Å². The average Bonchev–Trinajstić information content (AvgIpc) is 2.77. The van der Waals surface area contributed by atoms with Crippen LogP contribution in [0.5, 0.6) is 5.75 Å². The number of hydrogen-bond donors (Lipinski definition) is 1. The van der Waals surface area contributed by atoms with Crippen LogP contribution in [0.3, 0.4) is 0 Å². The molecule has 0 radical (unpaired) electrons. The van der Waals surface area contributed by atoms with E-state index in [-0.39, 0.29) is 11.8 Å². The maximum Gasteiger partial charge on any atom is 0.238 e. The molecule has 0 saturated carbocycles. The molecule has 166 valence electrons. The molecule has 0 bridgehead atoms. The van der Waals surface area contributed by atoms with Gasteiger partial charge in [0, 0.05) is 37.6 Å². The van der Waals surface area contributed by atoms with Crippen molar-refractivity contribution in [1.82, 2.24) is 9.80 Å². The molecule has 0 spiro atoms. The molecular formula is C24H31N3O3S. The van der Waals surface area contributed by atoms with Crippen molar-refractivity contribution >= 4 is 29.3 Å². The van der Waals surface area contributed by atoms with Crippen LogP contribution in [0.4, 0.5) is 5.69 Å². The lowest BCUT2D eigenvalue weighted by Crippen LogP contribution is -2.50. The lowest BCUT2D eigenvalue weighted by Gasteiger charge is -2.34. The quantitative estimate of drug-likeness (QED) is 0.681. The predicted octanol–water partition coefficient (Wildman–Crippen LogP) is 3.33. The number of nitrogens with zero attached hydrogens (tertiary/aromatic N) is 2. The van der Waals surface area contributed by atoms with E-state index in [0.717, 1.165) is 33.9 Å². The van der Waals surface area contributed by atoms with E-state index in [0.29, 0.717) is 38.5 Å². The highest BCUT2D eigenvalue weighted by molar-refractivity contribution is 7.99. The highest BCUT2D eigenvalue weighted by Gasteiger charge is 2.22. The van der Waals surface area contributed by atoms with E-state index in [2.05, 4.69) is 10.2 Å². The van der Waals surface area contributed by atoms with E-state index in [1.54, 1.807) is 18.9 Å². The van der Waals surface area contributed by atoms with Crippen molar-refractivity contribution in [3.8, 4) is 5.75 Å². The highest BCUT2D eigenvalue weighted by Crippen LogP contribution is 2.20. The fraction of sp³-hybridized carbons (Fsp3) is 0.417. The van der Waals surface area contributed by atoms with Gasteiger partial charge in [0.1, 0.15) is 5.75 Å². The molecule has 0 aromatic heterocycles. The molecule has 2 aromatic rings. The van der Waals surface area contributed by atoms with Crippen LogP contribution in [0, 0.1) is 13.8 Å². The first kappa shape index (κ1) is 23.2. The summed E-state index contributed by atoms with van der Waals surface area (Å²) in [6.07, 6.45) is 0. The minimum Gasteiger partial charge on any atom is -0.497 e. The van der Waals surface area contributed by atoms with E-state index < -0.39 is 0 Å². The third-order valence-electron chi connectivity index (χ3n) is 5.47. The Labute approximate surface area is 188 Å². The van der Waals surface area contributed by atoms with Crippen molar-refractivity contribution in [3.63, 3.8) is 0 Å². The summed E-state index contributed by atoms with van der Waals surface area (Å²) >= 11 is 1.62. The molecule has 1 fully saturated rings. The number of methoxy groups -OCH3 is 1. The number of ether oxygens (including phenoxy) is 1. The number of carbonyl (C=O) groups excluding carboxylic acids is 2. The number of carbonyl (C=O) groups is 2. The third kappa shape index (κ3) is 6.74. The van der Waals surface area contributed by atoms with Gasteiger partial charge in [0.25, 0.3) is 0 Å². The fourth-order valence-corrected chi connectivity index (χ4v) is 4.53. The second kappa shape index (κ2) is 11.2. The van der Waals surface area contributed by atoms with Crippen molar-refractivity contribution in [3.05, 3.63) is 59.2 Å². The third-order valence-corrected chi connectivity index (χ3v) is 6.45. The standard InChI is InChI=1S/C24H31N3O3S/c1-18-6-4-7-19(2)24(18)25-22(28)15-26-10-12-27(13-11-26)23(29)17-31-16-20-8-5-9-21(14-20)30-3/h4-9,14H,10-13,15-17H2,1-3H3,(H,25,28). The minimum atomic E-state index is -0.00831. The lowest BCUT2D eigenvalue weighted by molar-refractivity contribution is -0.130. The molecule has 1 saturated heterocycles. The maximum atomic E-state index is 12.5.